The number of ether oxygens (including phenoxy) is 1. The van der Waals surface area contributed by atoms with Gasteiger partial charge in [0.2, 0.25) is 5.91 Å². The van der Waals surface area contributed by atoms with Crippen LogP contribution in [0.5, 0.6) is 0 Å². The van der Waals surface area contributed by atoms with Crippen LogP contribution in [0.2, 0.25) is 0 Å². The summed E-state index contributed by atoms with van der Waals surface area (Å²) in [6, 6.07) is 7.80. The Bertz CT molecular complexity index is 1240. The minimum atomic E-state index is -0.374. The van der Waals surface area contributed by atoms with E-state index in [4.69, 9.17) is 10.5 Å². The molecule has 0 spiro atoms. The van der Waals surface area contributed by atoms with E-state index in [2.05, 4.69) is 21.4 Å². The minimum absolute atomic E-state index is 0.0452. The lowest BCUT2D eigenvalue weighted by Gasteiger charge is -2.11. The van der Waals surface area contributed by atoms with Crippen LogP contribution in [0.4, 0.5) is 10.9 Å². The quantitative estimate of drug-likeness (QED) is 0.331. The molecule has 3 aromatic heterocycles. The standard InChI is InChI=1S/C21H18N6O3S3/c1-2-30-17(29)8-12-11-33-21(25-12)26-16(28)5-7-32-20-14(10-23)18(15-4-3-6-31-15)13(9-22)19(24)27-20/h3-4,6,11H,2,5,7-8H2,1H3,(H2,24,27)(H,25,26,28). The molecular weight excluding hydrogens is 480 g/mol. The number of hydrogen-bond donors (Lipinski definition) is 2. The van der Waals surface area contributed by atoms with Gasteiger partial charge in [0.15, 0.2) is 5.13 Å². The fourth-order valence-corrected chi connectivity index (χ4v) is 5.24. The molecule has 0 aromatic carbocycles. The molecule has 3 heterocycles. The normalized spacial score (nSPS) is 10.3. The molecule has 168 valence electrons. The zero-order valence-electron chi connectivity index (χ0n) is 17.5. The number of thiophene rings is 1. The van der Waals surface area contributed by atoms with E-state index < -0.39 is 0 Å². The first-order valence-electron chi connectivity index (χ1n) is 9.67. The van der Waals surface area contributed by atoms with Gasteiger partial charge >= 0.3 is 5.97 Å². The summed E-state index contributed by atoms with van der Waals surface area (Å²) in [6.45, 7) is 2.03. The van der Waals surface area contributed by atoms with Gasteiger partial charge in [-0.2, -0.15) is 10.5 Å². The molecule has 0 aliphatic heterocycles. The summed E-state index contributed by atoms with van der Waals surface area (Å²) in [5.74, 6) is -0.257. The Hall–Kier alpha value is -3.45. The van der Waals surface area contributed by atoms with Crippen LogP contribution in [0.1, 0.15) is 30.2 Å². The summed E-state index contributed by atoms with van der Waals surface area (Å²) in [7, 11) is 0. The Balaban J connectivity index is 1.65. The predicted molar refractivity (Wildman–Crippen MR) is 128 cm³/mol. The number of nitrogens with two attached hydrogens (primary N) is 1. The number of nitrogen functional groups attached to an aromatic ring is 1. The largest absolute Gasteiger partial charge is 0.466 e. The van der Waals surface area contributed by atoms with Crippen molar-refractivity contribution in [2.75, 3.05) is 23.4 Å². The number of thioether (sulfide) groups is 1. The lowest BCUT2D eigenvalue weighted by molar-refractivity contribution is -0.142. The van der Waals surface area contributed by atoms with E-state index >= 15 is 0 Å². The number of nitrogens with zero attached hydrogens (tertiary/aromatic N) is 4. The van der Waals surface area contributed by atoms with Crippen molar-refractivity contribution in [3.63, 3.8) is 0 Å². The molecule has 9 nitrogen and oxygen atoms in total. The first-order valence-corrected chi connectivity index (χ1v) is 12.4. The lowest BCUT2D eigenvalue weighted by Crippen LogP contribution is -2.13. The highest BCUT2D eigenvalue weighted by Gasteiger charge is 2.21. The number of thiazole rings is 1. The maximum absolute atomic E-state index is 12.3. The zero-order chi connectivity index (χ0) is 23.8. The summed E-state index contributed by atoms with van der Waals surface area (Å²) in [4.78, 5) is 33.0. The van der Waals surface area contributed by atoms with Gasteiger partial charge in [-0.15, -0.1) is 34.4 Å². The van der Waals surface area contributed by atoms with Gasteiger partial charge < -0.3 is 15.8 Å². The minimum Gasteiger partial charge on any atom is -0.466 e. The number of aromatic nitrogens is 2. The summed E-state index contributed by atoms with van der Waals surface area (Å²) >= 11 is 3.84. The van der Waals surface area contributed by atoms with Crippen molar-refractivity contribution in [2.45, 2.75) is 24.8 Å². The molecule has 1 amide bonds. The number of nitrogens with one attached hydrogen (secondary N) is 1. The Morgan fingerprint density at radius 1 is 1.24 bits per heavy atom. The topological polar surface area (TPSA) is 155 Å². The SMILES string of the molecule is CCOC(=O)Cc1csc(NC(=O)CCSc2nc(N)c(C#N)c(-c3cccs3)c2C#N)n1. The number of esters is 1. The first-order chi connectivity index (χ1) is 16.0. The molecule has 0 bridgehead atoms. The van der Waals surface area contributed by atoms with Gasteiger partial charge in [-0.25, -0.2) is 9.97 Å². The number of nitriles is 2. The summed E-state index contributed by atoms with van der Waals surface area (Å²) in [5, 5.41) is 26.3. The maximum Gasteiger partial charge on any atom is 0.311 e. The number of carbonyl (C=O) groups is 2. The molecule has 0 unspecified atom stereocenters. The number of amides is 1. The van der Waals surface area contributed by atoms with Crippen LogP contribution in [0.15, 0.2) is 27.9 Å². The molecule has 0 fully saturated rings. The number of pyridine rings is 1. The molecule has 0 saturated heterocycles. The smallest absolute Gasteiger partial charge is 0.311 e. The van der Waals surface area contributed by atoms with Crippen molar-refractivity contribution in [1.29, 1.82) is 10.5 Å². The second kappa shape index (κ2) is 11.4. The van der Waals surface area contributed by atoms with Crippen LogP contribution < -0.4 is 11.1 Å². The monoisotopic (exact) mass is 498 g/mol. The number of carbonyl (C=O) groups excluding carboxylic acids is 2. The molecule has 3 N–H and O–H groups in total. The van der Waals surface area contributed by atoms with E-state index in [1.54, 1.807) is 12.3 Å². The van der Waals surface area contributed by atoms with Gasteiger partial charge in [0.1, 0.15) is 28.5 Å². The first kappa shape index (κ1) is 24.2. The van der Waals surface area contributed by atoms with E-state index in [0.717, 1.165) is 4.88 Å². The van der Waals surface area contributed by atoms with Gasteiger partial charge in [-0.3, -0.25) is 9.59 Å². The molecule has 33 heavy (non-hydrogen) atoms. The van der Waals surface area contributed by atoms with Gasteiger partial charge in [-0.1, -0.05) is 6.07 Å². The number of hydrogen-bond acceptors (Lipinski definition) is 11. The van der Waals surface area contributed by atoms with Crippen molar-refractivity contribution in [2.24, 2.45) is 0 Å². The Kier molecular flexibility index (Phi) is 8.38. The second-order valence-corrected chi connectivity index (χ2v) is 9.29. The molecule has 12 heteroatoms. The van der Waals surface area contributed by atoms with Crippen molar-refractivity contribution in [3.8, 4) is 22.6 Å². The fraction of sp³-hybridized carbons (Fsp3) is 0.238. The third-order valence-electron chi connectivity index (χ3n) is 4.18. The van der Waals surface area contributed by atoms with Crippen molar-refractivity contribution in [1.82, 2.24) is 9.97 Å². The van der Waals surface area contributed by atoms with Crippen molar-refractivity contribution < 1.29 is 14.3 Å². The number of rotatable bonds is 9. The van der Waals surface area contributed by atoms with Gasteiger partial charge in [0, 0.05) is 28.0 Å². The predicted octanol–water partition coefficient (Wildman–Crippen LogP) is 3.82. The third-order valence-corrected chi connectivity index (χ3v) is 6.85. The fourth-order valence-electron chi connectivity index (χ4n) is 2.80. The highest BCUT2D eigenvalue weighted by atomic mass is 32.2. The molecule has 0 radical (unpaired) electrons. The molecule has 3 rings (SSSR count). The van der Waals surface area contributed by atoms with Crippen molar-refractivity contribution in [3.05, 3.63) is 39.7 Å². The van der Waals surface area contributed by atoms with Crippen LogP contribution in [0.25, 0.3) is 10.4 Å². The van der Waals surface area contributed by atoms with Crippen LogP contribution >= 0.6 is 34.4 Å². The summed E-state index contributed by atoms with van der Waals surface area (Å²) < 4.78 is 4.89. The molecule has 0 aliphatic carbocycles. The maximum atomic E-state index is 12.3. The van der Waals surface area contributed by atoms with Crippen molar-refractivity contribution >= 4 is 57.3 Å². The average molecular weight is 499 g/mol. The molecule has 0 saturated carbocycles. The van der Waals surface area contributed by atoms with Crippen LogP contribution in [-0.2, 0) is 20.7 Å². The van der Waals surface area contributed by atoms with Gasteiger partial charge in [-0.05, 0) is 18.4 Å². The summed E-state index contributed by atoms with van der Waals surface area (Å²) in [6.07, 6.45) is 0.184. The van der Waals surface area contributed by atoms with Crippen LogP contribution in [-0.4, -0.2) is 34.2 Å². The third kappa shape index (κ3) is 6.08. The van der Waals surface area contributed by atoms with E-state index in [-0.39, 0.29) is 41.7 Å². The lowest BCUT2D eigenvalue weighted by atomic mass is 10.0. The second-order valence-electron chi connectivity index (χ2n) is 6.40. The van der Waals surface area contributed by atoms with E-state index in [0.29, 0.717) is 33.8 Å². The highest BCUT2D eigenvalue weighted by molar-refractivity contribution is 7.99. The van der Waals surface area contributed by atoms with Crippen LogP contribution in [0, 0.1) is 22.7 Å². The van der Waals surface area contributed by atoms with Crippen LogP contribution in [0.3, 0.4) is 0 Å². The van der Waals surface area contributed by atoms with E-state index in [1.165, 1.54) is 34.4 Å². The van der Waals surface area contributed by atoms with Gasteiger partial charge in [0.05, 0.1) is 24.3 Å². The highest BCUT2D eigenvalue weighted by Crippen LogP contribution is 2.37. The van der Waals surface area contributed by atoms with Gasteiger partial charge in [0.25, 0.3) is 0 Å². The number of anilines is 2. The Morgan fingerprint density at radius 2 is 2.03 bits per heavy atom. The Morgan fingerprint density at radius 3 is 2.70 bits per heavy atom. The van der Waals surface area contributed by atoms with E-state index in [9.17, 15) is 20.1 Å². The molecule has 0 atom stereocenters. The molecule has 0 aliphatic rings. The Labute approximate surface area is 202 Å². The summed E-state index contributed by atoms with van der Waals surface area (Å²) in [5.41, 5.74) is 7.40. The molecule has 3 aromatic rings. The average Bonchev–Trinajstić information content (AvgIpc) is 3.46. The van der Waals surface area contributed by atoms with E-state index in [1.807, 2.05) is 23.6 Å². The molecular formula is C21H18N6O3S3. The zero-order valence-corrected chi connectivity index (χ0v) is 19.9.